The largest absolute Gasteiger partial charge is 0.252 e. The molecule has 82 valence electrons. The van der Waals surface area contributed by atoms with Crippen LogP contribution in [0.4, 0.5) is 0 Å². The van der Waals surface area contributed by atoms with Crippen LogP contribution in [-0.2, 0) is 6.42 Å². The van der Waals surface area contributed by atoms with E-state index < -0.39 is 0 Å². The van der Waals surface area contributed by atoms with Crippen molar-refractivity contribution in [1.82, 2.24) is 4.98 Å². The van der Waals surface area contributed by atoms with E-state index in [4.69, 9.17) is 0 Å². The number of nitrogens with zero attached hydrogens (tertiary/aromatic N) is 2. The van der Waals surface area contributed by atoms with Gasteiger partial charge in [-0.1, -0.05) is 30.3 Å². The second-order valence-corrected chi connectivity index (χ2v) is 4.11. The Morgan fingerprint density at radius 1 is 0.941 bits per heavy atom. The molecule has 0 radical (unpaired) electrons. The van der Waals surface area contributed by atoms with Crippen molar-refractivity contribution in [3.05, 3.63) is 78.4 Å². The second kappa shape index (κ2) is 4.34. The average molecular weight is 221 g/mol. The molecule has 0 amide bonds. The van der Waals surface area contributed by atoms with Crippen molar-refractivity contribution < 1.29 is 4.40 Å². The molecular formula is C15H13N2+. The Kier molecular flexibility index (Phi) is 2.54. The number of fused-ring (bicyclic) bond motifs is 1. The summed E-state index contributed by atoms with van der Waals surface area (Å²) in [5.41, 5.74) is 3.77. The number of benzene rings is 1. The van der Waals surface area contributed by atoms with Crippen molar-refractivity contribution in [1.29, 1.82) is 0 Å². The van der Waals surface area contributed by atoms with Crippen LogP contribution in [0.5, 0.6) is 0 Å². The van der Waals surface area contributed by atoms with Crippen molar-refractivity contribution in [2.45, 2.75) is 6.42 Å². The Morgan fingerprint density at radius 2 is 1.82 bits per heavy atom. The summed E-state index contributed by atoms with van der Waals surface area (Å²) in [6.07, 6.45) is 8.68. The van der Waals surface area contributed by atoms with Crippen LogP contribution in [0.15, 0.2) is 67.3 Å². The molecule has 0 aliphatic heterocycles. The molecule has 2 heteroatoms. The fourth-order valence-corrected chi connectivity index (χ4v) is 1.99. The van der Waals surface area contributed by atoms with Crippen molar-refractivity contribution in [2.24, 2.45) is 0 Å². The summed E-state index contributed by atoms with van der Waals surface area (Å²) in [5.74, 6) is 0. The lowest BCUT2D eigenvalue weighted by atomic mass is 10.1. The predicted molar refractivity (Wildman–Crippen MR) is 66.6 cm³/mol. The Morgan fingerprint density at radius 3 is 2.71 bits per heavy atom. The summed E-state index contributed by atoms with van der Waals surface area (Å²) < 4.78 is 2.07. The van der Waals surface area contributed by atoms with E-state index in [9.17, 15) is 0 Å². The number of hydrogen-bond donors (Lipinski definition) is 0. The van der Waals surface area contributed by atoms with Crippen LogP contribution in [0.25, 0.3) is 5.52 Å². The van der Waals surface area contributed by atoms with Crippen LogP contribution in [0.2, 0.25) is 0 Å². The third-order valence-corrected chi connectivity index (χ3v) is 2.85. The zero-order chi connectivity index (χ0) is 11.5. The summed E-state index contributed by atoms with van der Waals surface area (Å²) >= 11 is 0. The third kappa shape index (κ3) is 2.16. The first-order valence-corrected chi connectivity index (χ1v) is 5.70. The van der Waals surface area contributed by atoms with E-state index in [1.165, 1.54) is 11.1 Å². The Balaban J connectivity index is 1.96. The summed E-state index contributed by atoms with van der Waals surface area (Å²) in [5, 5.41) is 0. The summed E-state index contributed by atoms with van der Waals surface area (Å²) in [7, 11) is 0. The quantitative estimate of drug-likeness (QED) is 0.607. The topological polar surface area (TPSA) is 17.0 Å². The number of pyridine rings is 1. The monoisotopic (exact) mass is 221 g/mol. The van der Waals surface area contributed by atoms with Crippen molar-refractivity contribution in [2.75, 3.05) is 0 Å². The minimum Gasteiger partial charge on any atom is -0.252 e. The molecule has 1 aromatic carbocycles. The van der Waals surface area contributed by atoms with Crippen LogP contribution in [0, 0.1) is 0 Å². The highest BCUT2D eigenvalue weighted by atomic mass is 14.9. The fraction of sp³-hybridized carbons (Fsp3) is 0.0667. The molecule has 0 spiro atoms. The Labute approximate surface area is 100 Å². The van der Waals surface area contributed by atoms with Crippen molar-refractivity contribution in [3.8, 4) is 0 Å². The normalized spacial score (nSPS) is 10.6. The molecule has 17 heavy (non-hydrogen) atoms. The first-order chi connectivity index (χ1) is 8.42. The zero-order valence-electron chi connectivity index (χ0n) is 9.45. The van der Waals surface area contributed by atoms with Gasteiger partial charge in [0, 0.05) is 12.1 Å². The van der Waals surface area contributed by atoms with Gasteiger partial charge in [0.05, 0.1) is 12.4 Å². The van der Waals surface area contributed by atoms with Crippen LogP contribution >= 0.6 is 0 Å². The highest BCUT2D eigenvalue weighted by Gasteiger charge is 2.03. The van der Waals surface area contributed by atoms with E-state index >= 15 is 0 Å². The molecule has 2 nitrogen and oxygen atoms in total. The molecule has 3 rings (SSSR count). The van der Waals surface area contributed by atoms with Crippen molar-refractivity contribution in [3.63, 3.8) is 0 Å². The second-order valence-electron chi connectivity index (χ2n) is 4.11. The minimum atomic E-state index is 0.965. The molecule has 3 aromatic rings. The van der Waals surface area contributed by atoms with E-state index in [2.05, 4.69) is 52.0 Å². The lowest BCUT2D eigenvalue weighted by Gasteiger charge is -2.00. The molecule has 0 aliphatic carbocycles. The SMILES string of the molecule is c1ccc(Cc2cc[n+]3ccncc3c2)cc1. The molecule has 0 unspecified atom stereocenters. The van der Waals surface area contributed by atoms with Gasteiger partial charge in [0.15, 0.2) is 12.4 Å². The standard InChI is InChI=1S/C15H13N2/c1-2-4-13(5-3-1)10-14-6-8-17-9-7-16-12-15(17)11-14/h1-9,11-12H,10H2/q+1. The molecular weight excluding hydrogens is 208 g/mol. The lowest BCUT2D eigenvalue weighted by molar-refractivity contribution is -0.512. The first-order valence-electron chi connectivity index (χ1n) is 5.70. The smallest absolute Gasteiger partial charge is 0.229 e. The molecule has 0 saturated carbocycles. The van der Waals surface area contributed by atoms with E-state index in [1.807, 2.05) is 18.5 Å². The third-order valence-electron chi connectivity index (χ3n) is 2.85. The number of aromatic nitrogens is 2. The highest BCUT2D eigenvalue weighted by molar-refractivity contribution is 5.40. The van der Waals surface area contributed by atoms with Gasteiger partial charge < -0.3 is 0 Å². The molecule has 0 atom stereocenters. The molecule has 0 bridgehead atoms. The van der Waals surface area contributed by atoms with Gasteiger partial charge in [-0.05, 0) is 17.5 Å². The lowest BCUT2D eigenvalue weighted by Crippen LogP contribution is -2.20. The molecule has 2 aromatic heterocycles. The van der Waals surface area contributed by atoms with E-state index in [1.54, 1.807) is 6.20 Å². The highest BCUT2D eigenvalue weighted by Crippen LogP contribution is 2.09. The van der Waals surface area contributed by atoms with Gasteiger partial charge in [-0.25, -0.2) is 0 Å². The summed E-state index contributed by atoms with van der Waals surface area (Å²) in [6, 6.07) is 14.8. The average Bonchev–Trinajstić information content (AvgIpc) is 2.40. The van der Waals surface area contributed by atoms with Gasteiger partial charge in [-0.3, -0.25) is 4.98 Å². The first kappa shape index (κ1) is 9.97. The van der Waals surface area contributed by atoms with E-state index in [0.717, 1.165) is 11.9 Å². The predicted octanol–water partition coefficient (Wildman–Crippen LogP) is 2.41. The van der Waals surface area contributed by atoms with Gasteiger partial charge in [-0.2, -0.15) is 4.40 Å². The van der Waals surface area contributed by atoms with Crippen LogP contribution in [0.3, 0.4) is 0 Å². The maximum atomic E-state index is 4.14. The van der Waals surface area contributed by atoms with Gasteiger partial charge in [0.25, 0.3) is 0 Å². The maximum absolute atomic E-state index is 4.14. The van der Waals surface area contributed by atoms with Gasteiger partial charge in [0.1, 0.15) is 0 Å². The summed E-state index contributed by atoms with van der Waals surface area (Å²) in [4.78, 5) is 4.14. The molecule has 0 aliphatic rings. The number of hydrogen-bond acceptors (Lipinski definition) is 1. The maximum Gasteiger partial charge on any atom is 0.229 e. The van der Waals surface area contributed by atoms with Gasteiger partial charge in [-0.15, -0.1) is 0 Å². The number of rotatable bonds is 2. The van der Waals surface area contributed by atoms with Crippen LogP contribution in [-0.4, -0.2) is 4.98 Å². The van der Waals surface area contributed by atoms with Crippen molar-refractivity contribution >= 4 is 5.52 Å². The van der Waals surface area contributed by atoms with Crippen LogP contribution < -0.4 is 4.40 Å². The van der Waals surface area contributed by atoms with Gasteiger partial charge >= 0.3 is 0 Å². The molecule has 0 saturated heterocycles. The van der Waals surface area contributed by atoms with Crippen LogP contribution in [0.1, 0.15) is 11.1 Å². The fourth-order valence-electron chi connectivity index (χ4n) is 1.99. The molecule has 2 heterocycles. The molecule has 0 N–H and O–H groups in total. The Bertz CT molecular complexity index is 633. The molecule has 0 fully saturated rings. The van der Waals surface area contributed by atoms with E-state index in [0.29, 0.717) is 0 Å². The zero-order valence-corrected chi connectivity index (χ0v) is 9.45. The Hall–Kier alpha value is -2.22. The minimum absolute atomic E-state index is 0.965. The van der Waals surface area contributed by atoms with E-state index in [-0.39, 0.29) is 0 Å². The summed E-state index contributed by atoms with van der Waals surface area (Å²) in [6.45, 7) is 0. The van der Waals surface area contributed by atoms with Gasteiger partial charge in [0.2, 0.25) is 5.52 Å².